The lowest BCUT2D eigenvalue weighted by Crippen LogP contribution is -2.15. The van der Waals surface area contributed by atoms with Crippen LogP contribution in [-0.4, -0.2) is 17.4 Å². The molecule has 1 aromatic heterocycles. The van der Waals surface area contributed by atoms with Gasteiger partial charge in [-0.15, -0.1) is 0 Å². The Morgan fingerprint density at radius 2 is 1.84 bits per heavy atom. The zero-order chi connectivity index (χ0) is 17.2. The van der Waals surface area contributed by atoms with Crippen LogP contribution in [0.25, 0.3) is 0 Å². The van der Waals surface area contributed by atoms with Gasteiger partial charge in [-0.25, -0.2) is 4.98 Å². The van der Waals surface area contributed by atoms with Crippen LogP contribution in [0.5, 0.6) is 0 Å². The summed E-state index contributed by atoms with van der Waals surface area (Å²) in [6.45, 7) is 2.95. The van der Waals surface area contributed by atoms with Crippen LogP contribution in [0, 0.1) is 6.92 Å². The van der Waals surface area contributed by atoms with Crippen molar-refractivity contribution < 1.29 is 4.79 Å². The number of nitrogens with one attached hydrogen (secondary N) is 1. The van der Waals surface area contributed by atoms with Gasteiger partial charge in [0.15, 0.2) is 0 Å². The molecule has 0 bridgehead atoms. The highest BCUT2D eigenvalue weighted by atomic mass is 16.1. The van der Waals surface area contributed by atoms with E-state index in [0.29, 0.717) is 11.4 Å². The topological polar surface area (TPSA) is 45.2 Å². The van der Waals surface area contributed by atoms with Gasteiger partial charge in [-0.1, -0.05) is 35.9 Å². The van der Waals surface area contributed by atoms with E-state index in [-0.39, 0.29) is 5.91 Å². The molecule has 1 amide bonds. The molecule has 0 unspecified atom stereocenters. The van der Waals surface area contributed by atoms with E-state index in [1.54, 1.807) is 0 Å². The molecule has 2 heterocycles. The zero-order valence-corrected chi connectivity index (χ0v) is 14.1. The Labute approximate surface area is 147 Å². The van der Waals surface area contributed by atoms with Crippen molar-refractivity contribution in [2.75, 3.05) is 16.8 Å². The Hall–Kier alpha value is -3.14. The van der Waals surface area contributed by atoms with E-state index in [4.69, 9.17) is 0 Å². The van der Waals surface area contributed by atoms with Crippen LogP contribution in [0.1, 0.15) is 21.5 Å². The van der Waals surface area contributed by atoms with Crippen LogP contribution >= 0.6 is 0 Å². The number of nitrogens with zero attached hydrogens (tertiary/aromatic N) is 2. The Kier molecular flexibility index (Phi) is 3.94. The first-order valence-corrected chi connectivity index (χ1v) is 8.40. The molecule has 1 aliphatic rings. The van der Waals surface area contributed by atoms with Gasteiger partial charge in [-0.3, -0.25) is 4.79 Å². The summed E-state index contributed by atoms with van der Waals surface area (Å²) < 4.78 is 0. The van der Waals surface area contributed by atoms with Crippen LogP contribution < -0.4 is 10.2 Å². The molecule has 2 aromatic carbocycles. The first kappa shape index (κ1) is 15.4. The molecule has 0 atom stereocenters. The van der Waals surface area contributed by atoms with E-state index in [9.17, 15) is 4.79 Å². The molecule has 0 radical (unpaired) electrons. The molecule has 0 fully saturated rings. The van der Waals surface area contributed by atoms with Gasteiger partial charge in [-0.05, 0) is 49.2 Å². The summed E-state index contributed by atoms with van der Waals surface area (Å²) >= 11 is 0. The monoisotopic (exact) mass is 329 g/mol. The fourth-order valence-corrected chi connectivity index (χ4v) is 3.12. The summed E-state index contributed by atoms with van der Waals surface area (Å²) in [5.74, 6) is 0.411. The molecule has 3 aromatic rings. The number of hydrogen-bond acceptors (Lipinski definition) is 3. The number of pyridine rings is 1. The SMILES string of the molecule is Cc1ccc(C(=O)Nc2ccc(N3CCc4ccccc43)cn2)cc1. The van der Waals surface area contributed by atoms with E-state index in [1.807, 2.05) is 49.5 Å². The fourth-order valence-electron chi connectivity index (χ4n) is 3.12. The summed E-state index contributed by atoms with van der Waals surface area (Å²) in [4.78, 5) is 18.9. The minimum absolute atomic E-state index is 0.147. The zero-order valence-electron chi connectivity index (χ0n) is 14.1. The fraction of sp³-hybridized carbons (Fsp3) is 0.143. The molecule has 4 nitrogen and oxygen atoms in total. The van der Waals surface area contributed by atoms with E-state index < -0.39 is 0 Å². The maximum atomic E-state index is 12.3. The first-order valence-electron chi connectivity index (χ1n) is 8.40. The highest BCUT2D eigenvalue weighted by Gasteiger charge is 2.19. The molecule has 4 heteroatoms. The summed E-state index contributed by atoms with van der Waals surface area (Å²) in [5.41, 5.74) is 5.40. The average molecular weight is 329 g/mol. The van der Waals surface area contributed by atoms with Gasteiger partial charge in [0.25, 0.3) is 5.91 Å². The third-order valence-electron chi connectivity index (χ3n) is 4.50. The number of carbonyl (C=O) groups is 1. The van der Waals surface area contributed by atoms with Crippen LogP contribution in [0.4, 0.5) is 17.2 Å². The highest BCUT2D eigenvalue weighted by Crippen LogP contribution is 2.33. The van der Waals surface area contributed by atoms with Crippen LogP contribution in [0.3, 0.4) is 0 Å². The van der Waals surface area contributed by atoms with Crippen LogP contribution in [0.15, 0.2) is 66.9 Å². The number of anilines is 3. The van der Waals surface area contributed by atoms with Gasteiger partial charge in [0.05, 0.1) is 11.9 Å². The number of benzene rings is 2. The quantitative estimate of drug-likeness (QED) is 0.777. The first-order chi connectivity index (χ1) is 12.2. The number of para-hydroxylation sites is 1. The molecule has 0 spiro atoms. The maximum Gasteiger partial charge on any atom is 0.256 e. The molecule has 1 N–H and O–H groups in total. The third kappa shape index (κ3) is 3.11. The van der Waals surface area contributed by atoms with Crippen molar-refractivity contribution in [3.8, 4) is 0 Å². The largest absolute Gasteiger partial charge is 0.340 e. The van der Waals surface area contributed by atoms with Gasteiger partial charge in [0.2, 0.25) is 0 Å². The number of aromatic nitrogens is 1. The second-order valence-corrected chi connectivity index (χ2v) is 6.25. The van der Waals surface area contributed by atoms with Gasteiger partial charge in [0.1, 0.15) is 5.82 Å². The Balaban J connectivity index is 1.49. The van der Waals surface area contributed by atoms with E-state index >= 15 is 0 Å². The molecule has 124 valence electrons. The van der Waals surface area contributed by atoms with Crippen molar-refractivity contribution >= 4 is 23.1 Å². The van der Waals surface area contributed by atoms with E-state index in [2.05, 4.69) is 39.5 Å². The summed E-state index contributed by atoms with van der Waals surface area (Å²) in [7, 11) is 0. The molecule has 0 saturated heterocycles. The summed E-state index contributed by atoms with van der Waals surface area (Å²) in [6, 6.07) is 19.8. The highest BCUT2D eigenvalue weighted by molar-refractivity contribution is 6.03. The molecule has 25 heavy (non-hydrogen) atoms. The van der Waals surface area contributed by atoms with Crippen LogP contribution in [0.2, 0.25) is 0 Å². The van der Waals surface area contributed by atoms with Crippen molar-refractivity contribution in [3.05, 3.63) is 83.6 Å². The van der Waals surface area contributed by atoms with Crippen molar-refractivity contribution in [1.29, 1.82) is 0 Å². The molecule has 0 saturated carbocycles. The smallest absolute Gasteiger partial charge is 0.256 e. The Bertz CT molecular complexity index is 901. The number of amides is 1. The number of rotatable bonds is 3. The van der Waals surface area contributed by atoms with Crippen molar-refractivity contribution in [1.82, 2.24) is 4.98 Å². The molecule has 0 aliphatic carbocycles. The summed E-state index contributed by atoms with van der Waals surface area (Å²) in [6.07, 6.45) is 2.86. The predicted molar refractivity (Wildman–Crippen MR) is 101 cm³/mol. The van der Waals surface area contributed by atoms with Gasteiger partial charge >= 0.3 is 0 Å². The standard InChI is InChI=1S/C21H19N3O/c1-15-6-8-17(9-7-15)21(25)23-20-11-10-18(14-22-20)24-13-12-16-4-2-3-5-19(16)24/h2-11,14H,12-13H2,1H3,(H,22,23,25). The number of hydrogen-bond donors (Lipinski definition) is 1. The lowest BCUT2D eigenvalue weighted by atomic mass is 10.1. The van der Waals surface area contributed by atoms with Crippen molar-refractivity contribution in [3.63, 3.8) is 0 Å². The van der Waals surface area contributed by atoms with Crippen molar-refractivity contribution in [2.45, 2.75) is 13.3 Å². The average Bonchev–Trinajstić information content (AvgIpc) is 3.07. The van der Waals surface area contributed by atoms with Gasteiger partial charge in [-0.2, -0.15) is 0 Å². The lowest BCUT2D eigenvalue weighted by molar-refractivity contribution is 0.102. The minimum Gasteiger partial charge on any atom is -0.340 e. The van der Waals surface area contributed by atoms with Crippen LogP contribution in [-0.2, 0) is 6.42 Å². The summed E-state index contributed by atoms with van der Waals surface area (Å²) in [5, 5.41) is 2.85. The predicted octanol–water partition coefficient (Wildman–Crippen LogP) is 4.34. The number of fused-ring (bicyclic) bond motifs is 1. The van der Waals surface area contributed by atoms with Gasteiger partial charge < -0.3 is 10.2 Å². The Morgan fingerprint density at radius 3 is 2.60 bits per heavy atom. The molecule has 1 aliphatic heterocycles. The van der Waals surface area contributed by atoms with E-state index in [0.717, 1.165) is 24.2 Å². The molecular weight excluding hydrogens is 310 g/mol. The maximum absolute atomic E-state index is 12.3. The minimum atomic E-state index is -0.147. The van der Waals surface area contributed by atoms with Crippen molar-refractivity contribution in [2.24, 2.45) is 0 Å². The molecule has 4 rings (SSSR count). The second-order valence-electron chi connectivity index (χ2n) is 6.25. The number of carbonyl (C=O) groups excluding carboxylic acids is 1. The lowest BCUT2D eigenvalue weighted by Gasteiger charge is -2.19. The number of aryl methyl sites for hydroxylation is 1. The van der Waals surface area contributed by atoms with Gasteiger partial charge in [0, 0.05) is 17.8 Å². The normalized spacial score (nSPS) is 12.8. The van der Waals surface area contributed by atoms with E-state index in [1.165, 1.54) is 11.3 Å². The third-order valence-corrected chi connectivity index (χ3v) is 4.50. The molecular formula is C21H19N3O. The Morgan fingerprint density at radius 1 is 1.04 bits per heavy atom. The second kappa shape index (κ2) is 6.40.